The summed E-state index contributed by atoms with van der Waals surface area (Å²) in [6.45, 7) is 0.0833. The number of halogens is 1. The lowest BCUT2D eigenvalue weighted by molar-refractivity contribution is 0.210. The smallest absolute Gasteiger partial charge is 0.344 e. The van der Waals surface area contributed by atoms with Gasteiger partial charge in [0.1, 0.15) is 42.3 Å². The van der Waals surface area contributed by atoms with Crippen LogP contribution in [0.15, 0.2) is 75.0 Å². The summed E-state index contributed by atoms with van der Waals surface area (Å²) in [5, 5.41) is 5.95. The van der Waals surface area contributed by atoms with Gasteiger partial charge in [-0.2, -0.15) is 0 Å². The average molecular weight is 407 g/mol. The molecule has 0 radical (unpaired) electrons. The number of benzene rings is 3. The summed E-state index contributed by atoms with van der Waals surface area (Å²) in [5.74, 6) is 0.732. The molecule has 0 aliphatic heterocycles. The van der Waals surface area contributed by atoms with E-state index < -0.39 is 5.63 Å². The van der Waals surface area contributed by atoms with Gasteiger partial charge in [-0.15, -0.1) is 0 Å². The quantitative estimate of drug-likeness (QED) is 0.203. The van der Waals surface area contributed by atoms with Gasteiger partial charge in [-0.25, -0.2) is 9.18 Å². The Labute approximate surface area is 171 Å². The number of hydrogen-bond acceptors (Lipinski definition) is 6. The number of ether oxygens (including phenoxy) is 2. The van der Waals surface area contributed by atoms with Crippen LogP contribution >= 0.6 is 0 Å². The first-order valence-corrected chi connectivity index (χ1v) is 9.12. The highest BCUT2D eigenvalue weighted by Crippen LogP contribution is 2.28. The second kappa shape index (κ2) is 8.24. The Bertz CT molecular complexity index is 1290. The SMILES string of the molecule is CO/N=C(\COc1ccc2c(c1)oc(=O)c1cc(OC)ccc12)c1ccc(F)cc1. The standard InChI is InChI=1S/C23H18FNO5/c1-27-16-7-9-18-19-10-8-17(12-22(19)30-23(26)20(18)11-16)29-13-21(25-28-2)14-3-5-15(24)6-4-14/h3-12H,13H2,1-2H3/b25-21+. The van der Waals surface area contributed by atoms with E-state index in [1.165, 1.54) is 19.2 Å². The van der Waals surface area contributed by atoms with Crippen LogP contribution in [0.1, 0.15) is 5.56 Å². The Hall–Kier alpha value is -3.87. The summed E-state index contributed by atoms with van der Waals surface area (Å²) in [5.41, 5.74) is 1.11. The zero-order chi connectivity index (χ0) is 21.1. The summed E-state index contributed by atoms with van der Waals surface area (Å²) >= 11 is 0. The third-order valence-corrected chi connectivity index (χ3v) is 4.65. The number of rotatable bonds is 6. The van der Waals surface area contributed by atoms with Crippen molar-refractivity contribution in [2.45, 2.75) is 0 Å². The molecule has 0 unspecified atom stereocenters. The number of fused-ring (bicyclic) bond motifs is 3. The minimum atomic E-state index is -0.457. The van der Waals surface area contributed by atoms with Crippen molar-refractivity contribution in [2.24, 2.45) is 5.16 Å². The minimum Gasteiger partial charge on any atom is -0.497 e. The van der Waals surface area contributed by atoms with Crippen LogP contribution in [0.5, 0.6) is 11.5 Å². The lowest BCUT2D eigenvalue weighted by Crippen LogP contribution is -2.13. The van der Waals surface area contributed by atoms with Gasteiger partial charge in [0.15, 0.2) is 0 Å². The van der Waals surface area contributed by atoms with Crippen LogP contribution in [0.25, 0.3) is 21.7 Å². The van der Waals surface area contributed by atoms with Gasteiger partial charge in [-0.3, -0.25) is 0 Å². The molecule has 0 amide bonds. The Morgan fingerprint density at radius 2 is 1.67 bits per heavy atom. The minimum absolute atomic E-state index is 0.0833. The molecule has 30 heavy (non-hydrogen) atoms. The molecule has 7 heteroatoms. The molecule has 0 aliphatic carbocycles. The average Bonchev–Trinajstić information content (AvgIpc) is 2.77. The molecule has 0 spiro atoms. The molecule has 0 saturated carbocycles. The van der Waals surface area contributed by atoms with Gasteiger partial charge in [0.05, 0.1) is 12.5 Å². The topological polar surface area (TPSA) is 70.3 Å². The van der Waals surface area contributed by atoms with Gasteiger partial charge in [-0.1, -0.05) is 5.16 Å². The predicted octanol–water partition coefficient (Wildman–Crippen LogP) is 4.52. The van der Waals surface area contributed by atoms with E-state index in [1.807, 2.05) is 12.1 Å². The molecular formula is C23H18FNO5. The summed E-state index contributed by atoms with van der Waals surface area (Å²) in [6, 6.07) is 16.4. The van der Waals surface area contributed by atoms with Crippen molar-refractivity contribution >= 4 is 27.5 Å². The zero-order valence-corrected chi connectivity index (χ0v) is 16.3. The maximum Gasteiger partial charge on any atom is 0.344 e. The number of hydrogen-bond donors (Lipinski definition) is 0. The van der Waals surface area contributed by atoms with Gasteiger partial charge in [0.25, 0.3) is 0 Å². The second-order valence-electron chi connectivity index (χ2n) is 6.48. The van der Waals surface area contributed by atoms with E-state index in [-0.39, 0.29) is 12.4 Å². The highest BCUT2D eigenvalue weighted by Gasteiger charge is 2.11. The van der Waals surface area contributed by atoms with Crippen molar-refractivity contribution in [1.82, 2.24) is 0 Å². The van der Waals surface area contributed by atoms with Gasteiger partial charge in [0, 0.05) is 22.4 Å². The molecule has 4 aromatic rings. The van der Waals surface area contributed by atoms with Crippen LogP contribution in [0, 0.1) is 5.82 Å². The number of oxime groups is 1. The fourth-order valence-electron chi connectivity index (χ4n) is 3.17. The van der Waals surface area contributed by atoms with Crippen molar-refractivity contribution in [3.8, 4) is 11.5 Å². The number of nitrogens with zero attached hydrogens (tertiary/aromatic N) is 1. The Morgan fingerprint density at radius 3 is 2.40 bits per heavy atom. The molecule has 6 nitrogen and oxygen atoms in total. The maximum absolute atomic E-state index is 13.2. The van der Waals surface area contributed by atoms with E-state index in [1.54, 1.807) is 43.5 Å². The predicted molar refractivity (Wildman–Crippen MR) is 112 cm³/mol. The third-order valence-electron chi connectivity index (χ3n) is 4.65. The highest BCUT2D eigenvalue weighted by atomic mass is 19.1. The summed E-state index contributed by atoms with van der Waals surface area (Å²) in [6.07, 6.45) is 0. The van der Waals surface area contributed by atoms with Crippen molar-refractivity contribution in [3.05, 3.63) is 82.5 Å². The maximum atomic E-state index is 13.2. The van der Waals surface area contributed by atoms with Crippen molar-refractivity contribution < 1.29 is 23.1 Å². The molecule has 0 atom stereocenters. The Kier molecular flexibility index (Phi) is 5.34. The Balaban J connectivity index is 1.65. The summed E-state index contributed by atoms with van der Waals surface area (Å²) in [7, 11) is 2.97. The largest absolute Gasteiger partial charge is 0.497 e. The molecule has 0 fully saturated rings. The van der Waals surface area contributed by atoms with Crippen LogP contribution < -0.4 is 15.1 Å². The van der Waals surface area contributed by atoms with Crippen LogP contribution in [0.4, 0.5) is 4.39 Å². The van der Waals surface area contributed by atoms with Crippen LogP contribution in [0.3, 0.4) is 0 Å². The second-order valence-corrected chi connectivity index (χ2v) is 6.48. The molecule has 4 rings (SSSR count). The highest BCUT2D eigenvalue weighted by molar-refractivity contribution is 6.05. The van der Waals surface area contributed by atoms with Crippen molar-refractivity contribution in [1.29, 1.82) is 0 Å². The first-order valence-electron chi connectivity index (χ1n) is 9.12. The summed E-state index contributed by atoms with van der Waals surface area (Å²) in [4.78, 5) is 17.3. The molecule has 0 N–H and O–H groups in total. The van der Waals surface area contributed by atoms with Gasteiger partial charge in [0.2, 0.25) is 0 Å². The molecular weight excluding hydrogens is 389 g/mol. The first-order chi connectivity index (χ1) is 14.6. The van der Waals surface area contributed by atoms with Crippen LogP contribution in [-0.4, -0.2) is 26.5 Å². The van der Waals surface area contributed by atoms with E-state index >= 15 is 0 Å². The third kappa shape index (κ3) is 3.82. The van der Waals surface area contributed by atoms with E-state index in [4.69, 9.17) is 18.7 Å². The monoisotopic (exact) mass is 407 g/mol. The van der Waals surface area contributed by atoms with E-state index in [2.05, 4.69) is 5.16 Å². The van der Waals surface area contributed by atoms with E-state index in [0.29, 0.717) is 33.7 Å². The van der Waals surface area contributed by atoms with Gasteiger partial charge >= 0.3 is 5.63 Å². The molecule has 3 aromatic carbocycles. The van der Waals surface area contributed by atoms with Gasteiger partial charge in [-0.05, 0) is 54.6 Å². The van der Waals surface area contributed by atoms with E-state index in [0.717, 1.165) is 10.8 Å². The molecule has 152 valence electrons. The fourth-order valence-corrected chi connectivity index (χ4v) is 3.17. The first kappa shape index (κ1) is 19.4. The molecule has 0 bridgehead atoms. The van der Waals surface area contributed by atoms with Crippen LogP contribution in [-0.2, 0) is 4.84 Å². The molecule has 0 saturated heterocycles. The van der Waals surface area contributed by atoms with Crippen molar-refractivity contribution in [2.75, 3.05) is 20.8 Å². The van der Waals surface area contributed by atoms with Gasteiger partial charge < -0.3 is 18.7 Å². The summed E-state index contributed by atoms with van der Waals surface area (Å²) < 4.78 is 29.7. The molecule has 1 aromatic heterocycles. The molecule has 1 heterocycles. The molecule has 0 aliphatic rings. The normalized spacial score (nSPS) is 11.6. The number of methoxy groups -OCH3 is 1. The fraction of sp³-hybridized carbons (Fsp3) is 0.130. The van der Waals surface area contributed by atoms with Crippen molar-refractivity contribution in [3.63, 3.8) is 0 Å². The lowest BCUT2D eigenvalue weighted by Gasteiger charge is -2.10. The Morgan fingerprint density at radius 1 is 0.933 bits per heavy atom. The van der Waals surface area contributed by atoms with Crippen LogP contribution in [0.2, 0.25) is 0 Å². The van der Waals surface area contributed by atoms with E-state index in [9.17, 15) is 9.18 Å². The zero-order valence-electron chi connectivity index (χ0n) is 16.3. The lowest BCUT2D eigenvalue weighted by atomic mass is 10.1.